The fraction of sp³-hybridized carbons (Fsp3) is 0.364. The summed E-state index contributed by atoms with van der Waals surface area (Å²) in [6.07, 6.45) is 1.51. The van der Waals surface area contributed by atoms with Crippen molar-refractivity contribution < 1.29 is 14.3 Å². The predicted molar refractivity (Wildman–Crippen MR) is 107 cm³/mol. The number of rotatable bonds is 6. The summed E-state index contributed by atoms with van der Waals surface area (Å²) in [5, 5.41) is 0. The Morgan fingerprint density at radius 2 is 1.89 bits per heavy atom. The molecular weight excluding hydrogens is 340 g/mol. The maximum atomic E-state index is 12.9. The third kappa shape index (κ3) is 4.13. The Morgan fingerprint density at radius 1 is 1.15 bits per heavy atom. The van der Waals surface area contributed by atoms with E-state index in [-0.39, 0.29) is 11.8 Å². The number of hydrogen-bond donors (Lipinski definition) is 0. The quantitative estimate of drug-likeness (QED) is 0.578. The molecule has 0 saturated carbocycles. The van der Waals surface area contributed by atoms with Gasteiger partial charge in [0.05, 0.1) is 23.9 Å². The number of para-hydroxylation sites is 2. The van der Waals surface area contributed by atoms with Crippen LogP contribution in [0, 0.1) is 19.8 Å². The molecule has 3 rings (SSSR count). The van der Waals surface area contributed by atoms with Gasteiger partial charge in [0.15, 0.2) is 0 Å². The maximum Gasteiger partial charge on any atom is 0.231 e. The molecule has 0 radical (unpaired) electrons. The zero-order chi connectivity index (χ0) is 19.4. The highest BCUT2D eigenvalue weighted by atomic mass is 16.5. The molecule has 0 saturated heterocycles. The first kappa shape index (κ1) is 19.0. The number of ether oxygens (including phenoxy) is 1. The van der Waals surface area contributed by atoms with E-state index in [0.717, 1.165) is 29.1 Å². The zero-order valence-corrected chi connectivity index (χ0v) is 16.1. The minimum atomic E-state index is -0.247. The van der Waals surface area contributed by atoms with Gasteiger partial charge in [-0.3, -0.25) is 9.59 Å². The van der Waals surface area contributed by atoms with Crippen LogP contribution in [0.25, 0.3) is 0 Å². The minimum absolute atomic E-state index is 0.0401. The van der Waals surface area contributed by atoms with Crippen LogP contribution in [0.1, 0.15) is 24.5 Å². The Morgan fingerprint density at radius 3 is 2.59 bits per heavy atom. The molecule has 0 aliphatic carbocycles. The van der Waals surface area contributed by atoms with Crippen LogP contribution in [0.3, 0.4) is 0 Å². The van der Waals surface area contributed by atoms with Gasteiger partial charge in [0.2, 0.25) is 12.3 Å². The van der Waals surface area contributed by atoms with E-state index in [1.165, 1.54) is 5.56 Å². The van der Waals surface area contributed by atoms with E-state index in [1.807, 2.05) is 50.2 Å². The van der Waals surface area contributed by atoms with Gasteiger partial charge in [-0.15, -0.1) is 0 Å². The summed E-state index contributed by atoms with van der Waals surface area (Å²) in [7, 11) is 0. The van der Waals surface area contributed by atoms with E-state index in [4.69, 9.17) is 4.74 Å². The first-order chi connectivity index (χ1) is 13.0. The molecule has 0 aromatic heterocycles. The number of nitrogens with zero attached hydrogens (tertiary/aromatic N) is 2. The summed E-state index contributed by atoms with van der Waals surface area (Å²) in [5.74, 6) is 0.671. The fourth-order valence-electron chi connectivity index (χ4n) is 3.49. The van der Waals surface area contributed by atoms with Crippen molar-refractivity contribution in [1.82, 2.24) is 0 Å². The highest BCUT2D eigenvalue weighted by Crippen LogP contribution is 2.33. The van der Waals surface area contributed by atoms with E-state index in [2.05, 4.69) is 13.0 Å². The van der Waals surface area contributed by atoms with Crippen LogP contribution in [0.4, 0.5) is 11.4 Å². The van der Waals surface area contributed by atoms with E-state index in [0.29, 0.717) is 26.1 Å². The Balaban J connectivity index is 1.70. The normalized spacial score (nSPS) is 16.7. The Bertz CT molecular complexity index is 834. The molecule has 1 unspecified atom stereocenters. The topological polar surface area (TPSA) is 49.9 Å². The van der Waals surface area contributed by atoms with Gasteiger partial charge in [-0.2, -0.15) is 0 Å². The number of hydrogen-bond acceptors (Lipinski definition) is 3. The largest absolute Gasteiger partial charge is 0.493 e. The number of fused-ring (bicyclic) bond motifs is 1. The van der Waals surface area contributed by atoms with Gasteiger partial charge in [-0.25, -0.2) is 0 Å². The molecule has 2 amide bonds. The lowest BCUT2D eigenvalue weighted by Crippen LogP contribution is -2.37. The highest BCUT2D eigenvalue weighted by molar-refractivity contribution is 6.02. The molecule has 5 heteroatoms. The summed E-state index contributed by atoms with van der Waals surface area (Å²) in [6.45, 7) is 7.44. The van der Waals surface area contributed by atoms with Crippen molar-refractivity contribution in [1.29, 1.82) is 0 Å². The molecule has 1 atom stereocenters. The maximum absolute atomic E-state index is 12.9. The fourth-order valence-corrected chi connectivity index (χ4v) is 3.49. The lowest BCUT2D eigenvalue weighted by Gasteiger charge is -2.24. The summed E-state index contributed by atoms with van der Waals surface area (Å²) >= 11 is 0. The number of amides is 2. The summed E-state index contributed by atoms with van der Waals surface area (Å²) in [5.41, 5.74) is 3.88. The molecular formula is C22H26N2O3. The van der Waals surface area contributed by atoms with Crippen LogP contribution < -0.4 is 14.5 Å². The van der Waals surface area contributed by atoms with Gasteiger partial charge in [0, 0.05) is 13.1 Å². The SMILES string of the molecule is Cc1ccc(OCCCN2C(=O)C(C)CN(C=O)c3ccccc32)c(C)c1. The van der Waals surface area contributed by atoms with Crippen LogP contribution in [-0.2, 0) is 9.59 Å². The van der Waals surface area contributed by atoms with Gasteiger partial charge < -0.3 is 14.5 Å². The molecule has 1 aliphatic rings. The molecule has 1 aliphatic heterocycles. The standard InChI is InChI=1S/C22H26N2O3/c1-16-9-10-21(17(2)13-16)27-12-6-11-24-20-8-5-4-7-19(20)23(15-25)14-18(3)22(24)26/h4-5,7-10,13,15,18H,6,11-12,14H2,1-3H3. The molecule has 2 aromatic rings. The molecule has 0 N–H and O–H groups in total. The van der Waals surface area contributed by atoms with Gasteiger partial charge in [0.25, 0.3) is 0 Å². The van der Waals surface area contributed by atoms with Crippen LogP contribution in [-0.4, -0.2) is 32.0 Å². The third-order valence-electron chi connectivity index (χ3n) is 4.88. The summed E-state index contributed by atoms with van der Waals surface area (Å²) < 4.78 is 5.90. The molecule has 0 bridgehead atoms. The molecule has 0 spiro atoms. The Kier molecular flexibility index (Phi) is 5.79. The summed E-state index contributed by atoms with van der Waals surface area (Å²) in [6, 6.07) is 13.7. The smallest absolute Gasteiger partial charge is 0.231 e. The van der Waals surface area contributed by atoms with E-state index >= 15 is 0 Å². The van der Waals surface area contributed by atoms with Crippen molar-refractivity contribution in [3.05, 3.63) is 53.6 Å². The van der Waals surface area contributed by atoms with Crippen LogP contribution >= 0.6 is 0 Å². The van der Waals surface area contributed by atoms with Crippen LogP contribution in [0.2, 0.25) is 0 Å². The zero-order valence-electron chi connectivity index (χ0n) is 16.1. The molecule has 2 aromatic carbocycles. The molecule has 27 heavy (non-hydrogen) atoms. The Labute approximate surface area is 160 Å². The van der Waals surface area contributed by atoms with Crippen molar-refractivity contribution in [3.8, 4) is 5.75 Å². The average molecular weight is 366 g/mol. The average Bonchev–Trinajstić information content (AvgIpc) is 2.76. The van der Waals surface area contributed by atoms with E-state index in [1.54, 1.807) is 9.80 Å². The van der Waals surface area contributed by atoms with Gasteiger partial charge >= 0.3 is 0 Å². The number of carbonyl (C=O) groups excluding carboxylic acids is 2. The lowest BCUT2D eigenvalue weighted by molar-refractivity contribution is -0.121. The van der Waals surface area contributed by atoms with Crippen molar-refractivity contribution in [2.24, 2.45) is 5.92 Å². The van der Waals surface area contributed by atoms with Crippen LogP contribution in [0.5, 0.6) is 5.75 Å². The number of aryl methyl sites for hydroxylation is 2. The van der Waals surface area contributed by atoms with Gasteiger partial charge in [-0.05, 0) is 44.0 Å². The molecule has 5 nitrogen and oxygen atoms in total. The first-order valence-corrected chi connectivity index (χ1v) is 9.33. The van der Waals surface area contributed by atoms with Gasteiger partial charge in [0.1, 0.15) is 5.75 Å². The monoisotopic (exact) mass is 366 g/mol. The van der Waals surface area contributed by atoms with Crippen LogP contribution in [0.15, 0.2) is 42.5 Å². The second-order valence-corrected chi connectivity index (χ2v) is 7.11. The van der Waals surface area contributed by atoms with Crippen molar-refractivity contribution >= 4 is 23.7 Å². The summed E-state index contributed by atoms with van der Waals surface area (Å²) in [4.78, 5) is 27.8. The number of benzene rings is 2. The minimum Gasteiger partial charge on any atom is -0.493 e. The van der Waals surface area contributed by atoms with Crippen molar-refractivity contribution in [3.63, 3.8) is 0 Å². The lowest BCUT2D eigenvalue weighted by atomic mass is 10.1. The highest BCUT2D eigenvalue weighted by Gasteiger charge is 2.30. The van der Waals surface area contributed by atoms with E-state index < -0.39 is 0 Å². The second-order valence-electron chi connectivity index (χ2n) is 7.11. The first-order valence-electron chi connectivity index (χ1n) is 9.33. The van der Waals surface area contributed by atoms with E-state index in [9.17, 15) is 9.59 Å². The molecule has 142 valence electrons. The van der Waals surface area contributed by atoms with Crippen molar-refractivity contribution in [2.75, 3.05) is 29.5 Å². The second kappa shape index (κ2) is 8.25. The Hall–Kier alpha value is -2.82. The third-order valence-corrected chi connectivity index (χ3v) is 4.88. The van der Waals surface area contributed by atoms with Gasteiger partial charge in [-0.1, -0.05) is 36.8 Å². The predicted octanol–water partition coefficient (Wildman–Crippen LogP) is 3.72. The molecule has 0 fully saturated rings. The number of anilines is 2. The molecule has 1 heterocycles. The number of carbonyl (C=O) groups is 2. The van der Waals surface area contributed by atoms with Crippen molar-refractivity contribution in [2.45, 2.75) is 27.2 Å².